The Bertz CT molecular complexity index is 460. The second kappa shape index (κ2) is 6.00. The van der Waals surface area contributed by atoms with E-state index in [0.717, 1.165) is 11.3 Å². The van der Waals surface area contributed by atoms with Crippen molar-refractivity contribution in [1.82, 2.24) is 5.32 Å². The first kappa shape index (κ1) is 14.0. The smallest absolute Gasteiger partial charge is 0.210 e. The van der Waals surface area contributed by atoms with Crippen LogP contribution in [0.5, 0.6) is 5.75 Å². The van der Waals surface area contributed by atoms with Crippen molar-refractivity contribution in [1.29, 1.82) is 0 Å². The highest BCUT2D eigenvalue weighted by Gasteiger charge is 2.11. The van der Waals surface area contributed by atoms with E-state index in [1.807, 2.05) is 31.2 Å². The van der Waals surface area contributed by atoms with Crippen molar-refractivity contribution in [2.24, 2.45) is 5.14 Å². The molecule has 0 saturated heterocycles. The van der Waals surface area contributed by atoms with Gasteiger partial charge in [0, 0.05) is 18.2 Å². The van der Waals surface area contributed by atoms with Gasteiger partial charge in [-0.25, -0.2) is 13.6 Å². The van der Waals surface area contributed by atoms with Gasteiger partial charge in [0.25, 0.3) is 0 Å². The summed E-state index contributed by atoms with van der Waals surface area (Å²) in [7, 11) is -1.80. The number of rotatable bonds is 6. The molecule has 5 nitrogen and oxygen atoms in total. The van der Waals surface area contributed by atoms with E-state index in [1.54, 1.807) is 7.11 Å². The van der Waals surface area contributed by atoms with Crippen molar-refractivity contribution in [3.63, 3.8) is 0 Å². The lowest BCUT2D eigenvalue weighted by Gasteiger charge is -2.16. The minimum atomic E-state index is -3.41. The number of hydrogen-bond acceptors (Lipinski definition) is 4. The molecule has 0 aliphatic carbocycles. The zero-order valence-corrected chi connectivity index (χ0v) is 10.8. The first-order chi connectivity index (χ1) is 7.94. The van der Waals surface area contributed by atoms with Gasteiger partial charge >= 0.3 is 0 Å². The van der Waals surface area contributed by atoms with Crippen LogP contribution in [0.2, 0.25) is 0 Å². The quantitative estimate of drug-likeness (QED) is 0.784. The summed E-state index contributed by atoms with van der Waals surface area (Å²) >= 11 is 0. The number of primary sulfonamides is 1. The average Bonchev–Trinajstić information content (AvgIpc) is 2.27. The van der Waals surface area contributed by atoms with Crippen molar-refractivity contribution >= 4 is 10.0 Å². The molecule has 1 atom stereocenters. The molecule has 0 radical (unpaired) electrons. The van der Waals surface area contributed by atoms with E-state index >= 15 is 0 Å². The van der Waals surface area contributed by atoms with Crippen LogP contribution in [-0.4, -0.2) is 27.8 Å². The molecule has 0 aromatic heterocycles. The molecule has 96 valence electrons. The predicted octanol–water partition coefficient (Wildman–Crippen LogP) is 0.634. The van der Waals surface area contributed by atoms with Crippen LogP contribution in [-0.2, 0) is 10.0 Å². The highest BCUT2D eigenvalue weighted by Crippen LogP contribution is 2.23. The van der Waals surface area contributed by atoms with E-state index in [2.05, 4.69) is 5.32 Å². The van der Waals surface area contributed by atoms with Gasteiger partial charge in [-0.3, -0.25) is 0 Å². The Kier molecular flexibility index (Phi) is 4.92. The van der Waals surface area contributed by atoms with Crippen LogP contribution >= 0.6 is 0 Å². The minimum absolute atomic E-state index is 0.00731. The number of ether oxygens (including phenoxy) is 1. The zero-order valence-electron chi connectivity index (χ0n) is 10.0. The lowest BCUT2D eigenvalue weighted by molar-refractivity contribution is 0.402. The van der Waals surface area contributed by atoms with Gasteiger partial charge in [-0.2, -0.15) is 0 Å². The van der Waals surface area contributed by atoms with Gasteiger partial charge in [-0.15, -0.1) is 0 Å². The fourth-order valence-electron chi connectivity index (χ4n) is 1.55. The van der Waals surface area contributed by atoms with Crippen molar-refractivity contribution in [2.45, 2.75) is 13.0 Å². The van der Waals surface area contributed by atoms with Crippen LogP contribution in [0, 0.1) is 0 Å². The molecule has 0 amide bonds. The third kappa shape index (κ3) is 4.72. The summed E-state index contributed by atoms with van der Waals surface area (Å²) in [5.74, 6) is 0.704. The lowest BCUT2D eigenvalue weighted by atomic mass is 10.1. The van der Waals surface area contributed by atoms with E-state index in [1.165, 1.54) is 0 Å². The van der Waals surface area contributed by atoms with Crippen LogP contribution in [0.4, 0.5) is 0 Å². The van der Waals surface area contributed by atoms with Crippen LogP contribution in [0.25, 0.3) is 0 Å². The molecule has 17 heavy (non-hydrogen) atoms. The summed E-state index contributed by atoms with van der Waals surface area (Å²) in [6, 6.07) is 7.61. The van der Waals surface area contributed by atoms with Crippen LogP contribution in [0.3, 0.4) is 0 Å². The maximum Gasteiger partial charge on any atom is 0.210 e. The summed E-state index contributed by atoms with van der Waals surface area (Å²) in [5, 5.41) is 8.01. The molecule has 0 unspecified atom stereocenters. The molecule has 1 aromatic carbocycles. The Balaban J connectivity index is 2.61. The minimum Gasteiger partial charge on any atom is -0.496 e. The van der Waals surface area contributed by atoms with E-state index in [4.69, 9.17) is 9.88 Å². The molecule has 0 aliphatic rings. The van der Waals surface area contributed by atoms with Gasteiger partial charge in [0.05, 0.1) is 12.9 Å². The molecule has 0 saturated carbocycles. The van der Waals surface area contributed by atoms with E-state index in [-0.39, 0.29) is 11.8 Å². The van der Waals surface area contributed by atoms with Gasteiger partial charge in [0.15, 0.2) is 0 Å². The Morgan fingerprint density at radius 2 is 2.06 bits per heavy atom. The summed E-state index contributed by atoms with van der Waals surface area (Å²) < 4.78 is 26.8. The molecule has 0 bridgehead atoms. The van der Waals surface area contributed by atoms with Gasteiger partial charge in [-0.05, 0) is 13.0 Å². The van der Waals surface area contributed by atoms with Crippen molar-refractivity contribution in [3.8, 4) is 5.75 Å². The van der Waals surface area contributed by atoms with Gasteiger partial charge < -0.3 is 10.1 Å². The van der Waals surface area contributed by atoms with Crippen LogP contribution in [0.15, 0.2) is 24.3 Å². The maximum absolute atomic E-state index is 10.8. The number of nitrogens with two attached hydrogens (primary N) is 1. The van der Waals surface area contributed by atoms with E-state index in [9.17, 15) is 8.42 Å². The number of nitrogens with one attached hydrogen (secondary N) is 1. The van der Waals surface area contributed by atoms with Gasteiger partial charge in [0.2, 0.25) is 10.0 Å². The second-order valence-electron chi connectivity index (χ2n) is 3.78. The van der Waals surface area contributed by atoms with Gasteiger partial charge in [0.1, 0.15) is 5.75 Å². The third-order valence-electron chi connectivity index (χ3n) is 2.44. The fraction of sp³-hybridized carbons (Fsp3) is 0.455. The summed E-state index contributed by atoms with van der Waals surface area (Å²) in [6.45, 7) is 2.26. The molecule has 0 aliphatic heterocycles. The van der Waals surface area contributed by atoms with Crippen molar-refractivity contribution < 1.29 is 13.2 Å². The number of hydrogen-bond donors (Lipinski definition) is 2. The van der Waals surface area contributed by atoms with Gasteiger partial charge in [-0.1, -0.05) is 18.2 Å². The number of sulfonamides is 1. The molecule has 1 aromatic rings. The highest BCUT2D eigenvalue weighted by atomic mass is 32.2. The Morgan fingerprint density at radius 1 is 1.41 bits per heavy atom. The number of benzene rings is 1. The number of para-hydroxylation sites is 1. The molecular weight excluding hydrogens is 240 g/mol. The molecule has 0 heterocycles. The summed E-state index contributed by atoms with van der Waals surface area (Å²) in [5.41, 5.74) is 0.990. The van der Waals surface area contributed by atoms with E-state index < -0.39 is 10.0 Å². The fourth-order valence-corrected chi connectivity index (χ4v) is 1.95. The molecule has 6 heteroatoms. The molecule has 0 spiro atoms. The second-order valence-corrected chi connectivity index (χ2v) is 5.52. The summed E-state index contributed by atoms with van der Waals surface area (Å²) in [6.07, 6.45) is 0. The van der Waals surface area contributed by atoms with Crippen LogP contribution in [0.1, 0.15) is 18.5 Å². The van der Waals surface area contributed by atoms with E-state index in [0.29, 0.717) is 6.54 Å². The monoisotopic (exact) mass is 258 g/mol. The molecule has 0 fully saturated rings. The molecule has 3 N–H and O–H groups in total. The number of methoxy groups -OCH3 is 1. The molecule has 1 rings (SSSR count). The first-order valence-corrected chi connectivity index (χ1v) is 7.02. The largest absolute Gasteiger partial charge is 0.496 e. The predicted molar refractivity (Wildman–Crippen MR) is 67.4 cm³/mol. The third-order valence-corrected chi connectivity index (χ3v) is 3.22. The zero-order chi connectivity index (χ0) is 12.9. The highest BCUT2D eigenvalue weighted by molar-refractivity contribution is 7.89. The SMILES string of the molecule is COc1ccccc1[C@H](C)NCCS(N)(=O)=O. The first-order valence-electron chi connectivity index (χ1n) is 5.31. The Labute approximate surface area is 102 Å². The summed E-state index contributed by atoms with van der Waals surface area (Å²) in [4.78, 5) is 0. The normalized spacial score (nSPS) is 13.4. The Morgan fingerprint density at radius 3 is 2.65 bits per heavy atom. The standard InChI is InChI=1S/C11H18N2O3S/c1-9(13-7-8-17(12,14)15)10-5-3-4-6-11(10)16-2/h3-6,9,13H,7-8H2,1-2H3,(H2,12,14,15)/t9-/m0/s1. The average molecular weight is 258 g/mol. The Hall–Kier alpha value is -1.11. The van der Waals surface area contributed by atoms with Crippen LogP contribution < -0.4 is 15.2 Å². The lowest BCUT2D eigenvalue weighted by Crippen LogP contribution is -2.29. The molecular formula is C11H18N2O3S. The van der Waals surface area contributed by atoms with Crippen molar-refractivity contribution in [2.75, 3.05) is 19.4 Å². The van der Waals surface area contributed by atoms with Crippen molar-refractivity contribution in [3.05, 3.63) is 29.8 Å². The maximum atomic E-state index is 10.8. The topological polar surface area (TPSA) is 81.4 Å².